The minimum atomic E-state index is -0.175. The molecule has 2 aromatic rings. The molecule has 1 aliphatic carbocycles. The van der Waals surface area contributed by atoms with Crippen LogP contribution in [0.4, 0.5) is 4.39 Å². The summed E-state index contributed by atoms with van der Waals surface area (Å²) in [5.74, 6) is 0.785. The number of aryl methyl sites for hydroxylation is 1. The van der Waals surface area contributed by atoms with Gasteiger partial charge in [-0.15, -0.1) is 0 Å². The highest BCUT2D eigenvalue weighted by molar-refractivity contribution is 5.94. The second-order valence-electron chi connectivity index (χ2n) is 8.25. The monoisotopic (exact) mass is 370 g/mol. The smallest absolute Gasteiger partial charge is 0.179 e. The molecule has 3 rings (SSSR count). The topological polar surface area (TPSA) is 48.0 Å². The molecule has 0 amide bonds. The van der Waals surface area contributed by atoms with Crippen LogP contribution in [-0.4, -0.2) is 16.4 Å². The normalized spacial score (nSPS) is 19.8. The summed E-state index contributed by atoms with van der Waals surface area (Å²) in [6.07, 6.45) is 4.83. The van der Waals surface area contributed by atoms with Gasteiger partial charge in [0.15, 0.2) is 5.78 Å². The van der Waals surface area contributed by atoms with E-state index < -0.39 is 0 Å². The molecule has 1 fully saturated rings. The van der Waals surface area contributed by atoms with Gasteiger partial charge in [-0.1, -0.05) is 26.0 Å². The SMILES string of the molecule is CC(C)c1ccc(F)c(CCCC(=O)c2ccc([C@H]3CC[C@@H](N)C3)n2C)c1. The van der Waals surface area contributed by atoms with Gasteiger partial charge >= 0.3 is 0 Å². The van der Waals surface area contributed by atoms with Crippen molar-refractivity contribution in [1.82, 2.24) is 4.57 Å². The molecule has 1 saturated carbocycles. The minimum Gasteiger partial charge on any atom is -0.345 e. The third-order valence-corrected chi connectivity index (χ3v) is 5.92. The molecular weight excluding hydrogens is 339 g/mol. The Labute approximate surface area is 161 Å². The number of hydrogen-bond acceptors (Lipinski definition) is 2. The number of hydrogen-bond donors (Lipinski definition) is 1. The van der Waals surface area contributed by atoms with Crippen LogP contribution in [0, 0.1) is 5.82 Å². The van der Waals surface area contributed by atoms with Gasteiger partial charge in [0.2, 0.25) is 0 Å². The predicted molar refractivity (Wildman–Crippen MR) is 108 cm³/mol. The van der Waals surface area contributed by atoms with E-state index in [1.54, 1.807) is 6.07 Å². The third kappa shape index (κ3) is 4.49. The number of Topliss-reactive ketones (excluding diaryl/α,β-unsaturated/α-hetero) is 1. The average Bonchev–Trinajstić information content (AvgIpc) is 3.21. The Morgan fingerprint density at radius 1 is 1.26 bits per heavy atom. The maximum Gasteiger partial charge on any atom is 0.179 e. The van der Waals surface area contributed by atoms with E-state index >= 15 is 0 Å². The Morgan fingerprint density at radius 2 is 2.04 bits per heavy atom. The Kier molecular flexibility index (Phi) is 6.15. The van der Waals surface area contributed by atoms with Crippen LogP contribution in [0.5, 0.6) is 0 Å². The Balaban J connectivity index is 1.60. The lowest BCUT2D eigenvalue weighted by atomic mass is 9.97. The van der Waals surface area contributed by atoms with Gasteiger partial charge in [-0.3, -0.25) is 4.79 Å². The lowest BCUT2D eigenvalue weighted by Gasteiger charge is -2.13. The number of nitrogens with zero attached hydrogens (tertiary/aromatic N) is 1. The van der Waals surface area contributed by atoms with E-state index in [-0.39, 0.29) is 17.6 Å². The zero-order valence-electron chi connectivity index (χ0n) is 16.7. The summed E-state index contributed by atoms with van der Waals surface area (Å²) in [5, 5.41) is 0. The van der Waals surface area contributed by atoms with Crippen molar-refractivity contribution >= 4 is 5.78 Å². The summed E-state index contributed by atoms with van der Waals surface area (Å²) < 4.78 is 16.1. The second-order valence-corrected chi connectivity index (χ2v) is 8.25. The number of ketones is 1. The molecule has 1 aromatic heterocycles. The minimum absolute atomic E-state index is 0.131. The van der Waals surface area contributed by atoms with Crippen LogP contribution in [0.2, 0.25) is 0 Å². The molecule has 1 aromatic carbocycles. The van der Waals surface area contributed by atoms with E-state index in [0.717, 1.165) is 30.5 Å². The molecule has 4 heteroatoms. The number of halogens is 1. The average molecular weight is 371 g/mol. The summed E-state index contributed by atoms with van der Waals surface area (Å²) >= 11 is 0. The number of nitrogens with two attached hydrogens (primary N) is 1. The van der Waals surface area contributed by atoms with Gasteiger partial charge in [0, 0.05) is 31.1 Å². The Hall–Kier alpha value is -1.94. The first-order valence-corrected chi connectivity index (χ1v) is 10.1. The molecule has 0 spiro atoms. The van der Waals surface area contributed by atoms with Crippen molar-refractivity contribution < 1.29 is 9.18 Å². The molecule has 0 unspecified atom stereocenters. The van der Waals surface area contributed by atoms with Gasteiger partial charge < -0.3 is 10.3 Å². The molecule has 2 N–H and O–H groups in total. The Morgan fingerprint density at radius 3 is 2.70 bits per heavy atom. The first-order chi connectivity index (χ1) is 12.9. The largest absolute Gasteiger partial charge is 0.345 e. The number of carbonyl (C=O) groups excluding carboxylic acids is 1. The number of benzene rings is 1. The Bertz CT molecular complexity index is 809. The fraction of sp³-hybridized carbons (Fsp3) is 0.522. The maximum absolute atomic E-state index is 14.1. The van der Waals surface area contributed by atoms with E-state index in [1.165, 1.54) is 5.69 Å². The summed E-state index contributed by atoms with van der Waals surface area (Å²) in [5.41, 5.74) is 9.84. The van der Waals surface area contributed by atoms with Crippen molar-refractivity contribution in [3.8, 4) is 0 Å². The highest BCUT2D eigenvalue weighted by atomic mass is 19.1. The molecule has 2 atom stereocenters. The zero-order valence-corrected chi connectivity index (χ0v) is 16.7. The van der Waals surface area contributed by atoms with Gasteiger partial charge in [-0.2, -0.15) is 0 Å². The van der Waals surface area contributed by atoms with E-state index in [1.807, 2.05) is 29.8 Å². The number of aromatic nitrogens is 1. The van der Waals surface area contributed by atoms with Crippen LogP contribution in [-0.2, 0) is 13.5 Å². The molecule has 3 nitrogen and oxygen atoms in total. The third-order valence-electron chi connectivity index (χ3n) is 5.92. The predicted octanol–water partition coefficient (Wildman–Crippen LogP) is 5.09. The van der Waals surface area contributed by atoms with Crippen LogP contribution >= 0.6 is 0 Å². The fourth-order valence-electron chi connectivity index (χ4n) is 4.21. The van der Waals surface area contributed by atoms with Crippen molar-refractivity contribution in [3.05, 3.63) is 58.7 Å². The lowest BCUT2D eigenvalue weighted by molar-refractivity contribution is 0.0972. The van der Waals surface area contributed by atoms with Gasteiger partial charge in [0.25, 0.3) is 0 Å². The van der Waals surface area contributed by atoms with Crippen molar-refractivity contribution in [2.45, 2.75) is 70.3 Å². The van der Waals surface area contributed by atoms with Gasteiger partial charge in [0.05, 0.1) is 5.69 Å². The lowest BCUT2D eigenvalue weighted by Crippen LogP contribution is -2.15. The van der Waals surface area contributed by atoms with E-state index in [4.69, 9.17) is 5.73 Å². The molecule has 0 radical (unpaired) electrons. The highest BCUT2D eigenvalue weighted by Gasteiger charge is 2.26. The van der Waals surface area contributed by atoms with Gasteiger partial charge in [0.1, 0.15) is 5.82 Å². The van der Waals surface area contributed by atoms with Gasteiger partial charge in [-0.05, 0) is 67.3 Å². The summed E-state index contributed by atoms with van der Waals surface area (Å²) in [4.78, 5) is 12.7. The zero-order chi connectivity index (χ0) is 19.6. The number of carbonyl (C=O) groups is 1. The molecule has 0 saturated heterocycles. The summed E-state index contributed by atoms with van der Waals surface area (Å²) in [7, 11) is 1.97. The molecule has 0 bridgehead atoms. The highest BCUT2D eigenvalue weighted by Crippen LogP contribution is 2.34. The maximum atomic E-state index is 14.1. The fourth-order valence-corrected chi connectivity index (χ4v) is 4.21. The van der Waals surface area contributed by atoms with E-state index in [0.29, 0.717) is 36.7 Å². The van der Waals surface area contributed by atoms with Crippen LogP contribution in [0.15, 0.2) is 30.3 Å². The van der Waals surface area contributed by atoms with Gasteiger partial charge in [-0.25, -0.2) is 4.39 Å². The van der Waals surface area contributed by atoms with Crippen LogP contribution in [0.25, 0.3) is 0 Å². The quantitative estimate of drug-likeness (QED) is 0.690. The molecule has 1 heterocycles. The van der Waals surface area contributed by atoms with Crippen molar-refractivity contribution in [1.29, 1.82) is 0 Å². The second kappa shape index (κ2) is 8.39. The van der Waals surface area contributed by atoms with Crippen LogP contribution in [0.1, 0.15) is 85.1 Å². The van der Waals surface area contributed by atoms with Crippen LogP contribution < -0.4 is 5.73 Å². The molecular formula is C23H31FN2O. The molecule has 146 valence electrons. The van der Waals surface area contributed by atoms with Crippen LogP contribution in [0.3, 0.4) is 0 Å². The first-order valence-electron chi connectivity index (χ1n) is 10.1. The van der Waals surface area contributed by atoms with E-state index in [2.05, 4.69) is 19.9 Å². The molecule has 27 heavy (non-hydrogen) atoms. The first kappa shape index (κ1) is 19.8. The molecule has 1 aliphatic rings. The summed E-state index contributed by atoms with van der Waals surface area (Å²) in [6, 6.07) is 9.61. The van der Waals surface area contributed by atoms with Crippen molar-refractivity contribution in [3.63, 3.8) is 0 Å². The summed E-state index contributed by atoms with van der Waals surface area (Å²) in [6.45, 7) is 4.20. The standard InChI is InChI=1S/C23H31FN2O/c1-15(2)16-8-10-20(24)17(13-16)5-4-6-23(27)22-12-11-21(26(22)3)18-7-9-19(25)14-18/h8,10-13,15,18-19H,4-7,9,14,25H2,1-3H3/t18-,19+/m0/s1. The van der Waals surface area contributed by atoms with Crippen molar-refractivity contribution in [2.24, 2.45) is 12.8 Å². The molecule has 0 aliphatic heterocycles. The van der Waals surface area contributed by atoms with E-state index in [9.17, 15) is 9.18 Å². The number of rotatable bonds is 7. The van der Waals surface area contributed by atoms with Crippen molar-refractivity contribution in [2.75, 3.05) is 0 Å².